The Hall–Kier alpha value is -2.93. The lowest BCUT2D eigenvalue weighted by Gasteiger charge is -2.29. The number of benzene rings is 2. The molecule has 3 rings (SSSR count). The van der Waals surface area contributed by atoms with E-state index in [1.165, 1.54) is 17.7 Å². The molecule has 0 aromatic heterocycles. The van der Waals surface area contributed by atoms with E-state index in [2.05, 4.69) is 22.3 Å². The van der Waals surface area contributed by atoms with E-state index in [-0.39, 0.29) is 24.2 Å². The second-order valence-electron chi connectivity index (χ2n) is 6.96. The van der Waals surface area contributed by atoms with Gasteiger partial charge in [-0.15, -0.1) is 0 Å². The minimum Gasteiger partial charge on any atom is -0.497 e. The topological polar surface area (TPSA) is 84.7 Å². The van der Waals surface area contributed by atoms with Gasteiger partial charge in [-0.25, -0.2) is 0 Å². The highest BCUT2D eigenvalue weighted by Gasteiger charge is 2.24. The van der Waals surface area contributed by atoms with Gasteiger partial charge in [0.05, 0.1) is 18.6 Å². The van der Waals surface area contributed by atoms with Gasteiger partial charge in [0.2, 0.25) is 5.91 Å². The molecule has 1 fully saturated rings. The highest BCUT2D eigenvalue weighted by atomic mass is 16.6. The number of carbonyl (C=O) groups excluding carboxylic acids is 1. The molecule has 0 unspecified atom stereocenters. The first-order valence-corrected chi connectivity index (χ1v) is 9.49. The largest absolute Gasteiger partial charge is 0.497 e. The minimum absolute atomic E-state index is 0.00471. The Balaban J connectivity index is 1.67. The van der Waals surface area contributed by atoms with E-state index < -0.39 is 4.92 Å². The van der Waals surface area contributed by atoms with Crippen LogP contribution in [0.4, 0.5) is 11.4 Å². The zero-order valence-corrected chi connectivity index (χ0v) is 16.0. The summed E-state index contributed by atoms with van der Waals surface area (Å²) in [5, 5.41) is 13.6. The predicted molar refractivity (Wildman–Crippen MR) is 108 cm³/mol. The minimum atomic E-state index is -0.456. The van der Waals surface area contributed by atoms with Crippen LogP contribution in [0.5, 0.6) is 5.75 Å². The third-order valence-electron chi connectivity index (χ3n) is 5.07. The number of nitrogens with one attached hydrogen (secondary N) is 1. The van der Waals surface area contributed by atoms with Crippen LogP contribution in [0.2, 0.25) is 0 Å². The van der Waals surface area contributed by atoms with Crippen LogP contribution in [0, 0.1) is 10.1 Å². The number of carbonyl (C=O) groups is 1. The molecule has 0 aliphatic carbocycles. The number of rotatable bonds is 6. The number of hydrogen-bond donors (Lipinski definition) is 1. The molecule has 1 amide bonds. The smallest absolute Gasteiger partial charge is 0.269 e. The van der Waals surface area contributed by atoms with Gasteiger partial charge in [0.15, 0.2) is 0 Å². The van der Waals surface area contributed by atoms with E-state index in [1.807, 2.05) is 12.1 Å². The number of ether oxygens (including phenoxy) is 1. The quantitative estimate of drug-likeness (QED) is 0.598. The Labute approximate surface area is 164 Å². The number of methoxy groups -OCH3 is 1. The number of nitro groups is 1. The lowest BCUT2D eigenvalue weighted by molar-refractivity contribution is -0.384. The molecule has 1 aliphatic rings. The van der Waals surface area contributed by atoms with Gasteiger partial charge in [0, 0.05) is 23.9 Å². The fourth-order valence-corrected chi connectivity index (χ4v) is 3.61. The van der Waals surface area contributed by atoms with Crippen molar-refractivity contribution >= 4 is 17.3 Å². The average molecular weight is 383 g/mol. The predicted octanol–water partition coefficient (Wildman–Crippen LogP) is 4.16. The Morgan fingerprint density at radius 1 is 1.14 bits per heavy atom. The van der Waals surface area contributed by atoms with Crippen molar-refractivity contribution in [3.8, 4) is 5.75 Å². The first kappa shape index (κ1) is 19.8. The fourth-order valence-electron chi connectivity index (χ4n) is 3.61. The van der Waals surface area contributed by atoms with Gasteiger partial charge < -0.3 is 10.1 Å². The second kappa shape index (κ2) is 9.32. The van der Waals surface area contributed by atoms with Crippen LogP contribution in [0.1, 0.15) is 37.3 Å². The molecule has 28 heavy (non-hydrogen) atoms. The van der Waals surface area contributed by atoms with E-state index >= 15 is 0 Å². The maximum absolute atomic E-state index is 12.6. The van der Waals surface area contributed by atoms with E-state index in [0.29, 0.717) is 5.69 Å². The summed E-state index contributed by atoms with van der Waals surface area (Å²) in [6, 6.07) is 14.1. The van der Waals surface area contributed by atoms with Crippen molar-refractivity contribution < 1.29 is 14.5 Å². The van der Waals surface area contributed by atoms with Gasteiger partial charge in [-0.05, 0) is 49.2 Å². The Kier molecular flexibility index (Phi) is 6.60. The molecule has 0 radical (unpaired) electrons. The van der Waals surface area contributed by atoms with Crippen molar-refractivity contribution in [1.82, 2.24) is 4.90 Å². The van der Waals surface area contributed by atoms with Gasteiger partial charge in [0.1, 0.15) is 5.75 Å². The SMILES string of the molecule is COc1ccc([C@@H]2CCCCCN2CC(=O)Nc2ccc([N+](=O)[O-])cc2)cc1. The normalized spacial score (nSPS) is 17.5. The van der Waals surface area contributed by atoms with Crippen molar-refractivity contribution in [3.05, 3.63) is 64.2 Å². The van der Waals surface area contributed by atoms with E-state index in [1.54, 1.807) is 19.2 Å². The lowest BCUT2D eigenvalue weighted by Crippen LogP contribution is -2.36. The van der Waals surface area contributed by atoms with E-state index in [9.17, 15) is 14.9 Å². The molecule has 148 valence electrons. The van der Waals surface area contributed by atoms with Gasteiger partial charge in [-0.2, -0.15) is 0 Å². The van der Waals surface area contributed by atoms with Crippen LogP contribution in [0.3, 0.4) is 0 Å². The third kappa shape index (κ3) is 5.07. The summed E-state index contributed by atoms with van der Waals surface area (Å²) in [4.78, 5) is 25.1. The van der Waals surface area contributed by atoms with Crippen LogP contribution < -0.4 is 10.1 Å². The summed E-state index contributed by atoms with van der Waals surface area (Å²) in [7, 11) is 1.65. The summed E-state index contributed by atoms with van der Waals surface area (Å²) in [5.41, 5.74) is 1.75. The average Bonchev–Trinajstić information content (AvgIpc) is 2.94. The Bertz CT molecular complexity index is 805. The summed E-state index contributed by atoms with van der Waals surface area (Å²) in [5.74, 6) is 0.703. The van der Waals surface area contributed by atoms with Crippen molar-refractivity contribution in [3.63, 3.8) is 0 Å². The van der Waals surface area contributed by atoms with E-state index in [0.717, 1.165) is 38.0 Å². The lowest BCUT2D eigenvalue weighted by atomic mass is 10.0. The molecule has 0 spiro atoms. The number of anilines is 1. The maximum atomic E-state index is 12.6. The Morgan fingerprint density at radius 3 is 2.50 bits per heavy atom. The van der Waals surface area contributed by atoms with Crippen molar-refractivity contribution in [2.24, 2.45) is 0 Å². The standard InChI is InChI=1S/C21H25N3O4/c1-28-19-12-6-16(7-13-19)20-5-3-2-4-14-23(20)15-21(25)22-17-8-10-18(11-9-17)24(26)27/h6-13,20H,2-5,14-15H2,1H3,(H,22,25)/t20-/m0/s1. The number of non-ortho nitro benzene ring substituents is 1. The van der Waals surface area contributed by atoms with Crippen LogP contribution in [-0.2, 0) is 4.79 Å². The molecular weight excluding hydrogens is 358 g/mol. The molecule has 1 atom stereocenters. The van der Waals surface area contributed by atoms with Gasteiger partial charge >= 0.3 is 0 Å². The number of nitrogens with zero attached hydrogens (tertiary/aromatic N) is 2. The molecule has 1 aliphatic heterocycles. The first-order chi connectivity index (χ1) is 13.6. The summed E-state index contributed by atoms with van der Waals surface area (Å²) >= 11 is 0. The third-order valence-corrected chi connectivity index (χ3v) is 5.07. The monoisotopic (exact) mass is 383 g/mol. The summed E-state index contributed by atoms with van der Waals surface area (Å²) < 4.78 is 5.24. The van der Waals surface area contributed by atoms with Crippen LogP contribution in [0.15, 0.2) is 48.5 Å². The molecule has 2 aromatic carbocycles. The van der Waals surface area contributed by atoms with Gasteiger partial charge in [0.25, 0.3) is 5.69 Å². The number of likely N-dealkylation sites (tertiary alicyclic amines) is 1. The van der Waals surface area contributed by atoms with Crippen LogP contribution >= 0.6 is 0 Å². The molecule has 1 N–H and O–H groups in total. The number of hydrogen-bond acceptors (Lipinski definition) is 5. The highest BCUT2D eigenvalue weighted by molar-refractivity contribution is 5.92. The molecule has 1 saturated heterocycles. The highest BCUT2D eigenvalue weighted by Crippen LogP contribution is 2.31. The van der Waals surface area contributed by atoms with Crippen molar-refractivity contribution in [2.45, 2.75) is 31.7 Å². The van der Waals surface area contributed by atoms with Crippen LogP contribution in [0.25, 0.3) is 0 Å². The Morgan fingerprint density at radius 2 is 1.86 bits per heavy atom. The maximum Gasteiger partial charge on any atom is 0.269 e. The number of nitro benzene ring substituents is 1. The van der Waals surface area contributed by atoms with Gasteiger partial charge in [-0.1, -0.05) is 25.0 Å². The van der Waals surface area contributed by atoms with Crippen LogP contribution in [-0.4, -0.2) is 35.9 Å². The van der Waals surface area contributed by atoms with E-state index in [4.69, 9.17) is 4.74 Å². The summed E-state index contributed by atoms with van der Waals surface area (Å²) in [6.07, 6.45) is 4.37. The molecular formula is C21H25N3O4. The number of amides is 1. The zero-order chi connectivity index (χ0) is 19.9. The first-order valence-electron chi connectivity index (χ1n) is 9.49. The molecule has 1 heterocycles. The molecule has 7 nitrogen and oxygen atoms in total. The molecule has 7 heteroatoms. The molecule has 2 aromatic rings. The fraction of sp³-hybridized carbons (Fsp3) is 0.381. The van der Waals surface area contributed by atoms with Crippen molar-refractivity contribution in [2.75, 3.05) is 25.5 Å². The zero-order valence-electron chi connectivity index (χ0n) is 16.0. The molecule has 0 bridgehead atoms. The van der Waals surface area contributed by atoms with Gasteiger partial charge in [-0.3, -0.25) is 19.8 Å². The molecule has 0 saturated carbocycles. The van der Waals surface area contributed by atoms with Crippen molar-refractivity contribution in [1.29, 1.82) is 0 Å². The second-order valence-corrected chi connectivity index (χ2v) is 6.96. The summed E-state index contributed by atoms with van der Waals surface area (Å²) in [6.45, 7) is 1.15.